The number of carbonyl (C=O) groups is 3. The van der Waals surface area contributed by atoms with E-state index in [9.17, 15) is 14.4 Å². The predicted octanol–water partition coefficient (Wildman–Crippen LogP) is 2.73. The standard InChI is InChI=1S/C15H18Cl2N2O.C4H4O4/c1-18-6-10-4-11(7-18)9-19(8-10)15(20)12-2-3-13(16)14(17)5-12;5-3(6)1-2-4(7)8/h2-3,5,10-11H,4,6-9H2,1H3;1-2H,(H,5,6)(H,7,8)/b;2-1+. The lowest BCUT2D eigenvalue weighted by Crippen LogP contribution is -2.53. The first kappa shape index (κ1) is 22.2. The van der Waals surface area contributed by atoms with E-state index < -0.39 is 11.9 Å². The van der Waals surface area contributed by atoms with E-state index in [4.69, 9.17) is 33.4 Å². The molecule has 9 heteroatoms. The maximum Gasteiger partial charge on any atom is 0.328 e. The maximum absolute atomic E-state index is 12.6. The Morgan fingerprint density at radius 3 is 1.96 bits per heavy atom. The highest BCUT2D eigenvalue weighted by Crippen LogP contribution is 2.29. The molecule has 2 aliphatic heterocycles. The summed E-state index contributed by atoms with van der Waals surface area (Å²) in [4.78, 5) is 36.0. The average Bonchev–Trinajstić information content (AvgIpc) is 2.61. The molecule has 0 radical (unpaired) electrons. The smallest absolute Gasteiger partial charge is 0.328 e. The molecule has 2 N–H and O–H groups in total. The monoisotopic (exact) mass is 428 g/mol. The fourth-order valence-corrected chi connectivity index (χ4v) is 3.96. The van der Waals surface area contributed by atoms with Gasteiger partial charge < -0.3 is 20.0 Å². The first-order valence-electron chi connectivity index (χ1n) is 8.72. The van der Waals surface area contributed by atoms with Crippen LogP contribution < -0.4 is 0 Å². The number of halogens is 2. The zero-order valence-corrected chi connectivity index (χ0v) is 16.9. The molecule has 0 aromatic heterocycles. The van der Waals surface area contributed by atoms with Gasteiger partial charge in [0.2, 0.25) is 0 Å². The fourth-order valence-electron chi connectivity index (χ4n) is 3.66. The Morgan fingerprint density at radius 1 is 0.964 bits per heavy atom. The molecule has 2 aliphatic rings. The summed E-state index contributed by atoms with van der Waals surface area (Å²) in [6.07, 6.45) is 2.36. The average molecular weight is 429 g/mol. The molecule has 0 aliphatic carbocycles. The molecule has 2 fully saturated rings. The Morgan fingerprint density at radius 2 is 1.50 bits per heavy atom. The summed E-state index contributed by atoms with van der Waals surface area (Å²) in [5.41, 5.74) is 0.632. The van der Waals surface area contributed by atoms with Crippen molar-refractivity contribution >= 4 is 41.0 Å². The van der Waals surface area contributed by atoms with Crippen molar-refractivity contribution in [3.63, 3.8) is 0 Å². The van der Waals surface area contributed by atoms with Gasteiger partial charge in [0.05, 0.1) is 10.0 Å². The first-order valence-corrected chi connectivity index (χ1v) is 9.48. The van der Waals surface area contributed by atoms with Crippen molar-refractivity contribution in [3.05, 3.63) is 46.0 Å². The van der Waals surface area contributed by atoms with Crippen molar-refractivity contribution in [3.8, 4) is 0 Å². The van der Waals surface area contributed by atoms with Gasteiger partial charge in [0.25, 0.3) is 5.91 Å². The second-order valence-electron chi connectivity index (χ2n) is 7.04. The van der Waals surface area contributed by atoms with Gasteiger partial charge in [0, 0.05) is 43.9 Å². The quantitative estimate of drug-likeness (QED) is 0.718. The van der Waals surface area contributed by atoms with Gasteiger partial charge in [-0.2, -0.15) is 0 Å². The molecule has 7 nitrogen and oxygen atoms in total. The van der Waals surface area contributed by atoms with Crippen LogP contribution in [0.4, 0.5) is 0 Å². The highest BCUT2D eigenvalue weighted by Gasteiger charge is 2.34. The van der Waals surface area contributed by atoms with Crippen molar-refractivity contribution < 1.29 is 24.6 Å². The molecule has 2 bridgehead atoms. The van der Waals surface area contributed by atoms with Crippen LogP contribution in [0.5, 0.6) is 0 Å². The van der Waals surface area contributed by atoms with Gasteiger partial charge in [-0.1, -0.05) is 23.2 Å². The Bertz CT molecular complexity index is 750. The van der Waals surface area contributed by atoms with Crippen LogP contribution in [0.1, 0.15) is 16.8 Å². The molecule has 0 spiro atoms. The number of amides is 1. The van der Waals surface area contributed by atoms with Crippen molar-refractivity contribution in [2.45, 2.75) is 6.42 Å². The summed E-state index contributed by atoms with van der Waals surface area (Å²) in [6.45, 7) is 3.86. The lowest BCUT2D eigenvalue weighted by atomic mass is 9.84. The van der Waals surface area contributed by atoms with Gasteiger partial charge in [-0.25, -0.2) is 9.59 Å². The van der Waals surface area contributed by atoms with E-state index in [-0.39, 0.29) is 5.91 Å². The molecular formula is C19H22Cl2N2O5. The number of fused-ring (bicyclic) bond motifs is 2. The second-order valence-corrected chi connectivity index (χ2v) is 7.85. The number of rotatable bonds is 3. The molecule has 2 heterocycles. The van der Waals surface area contributed by atoms with Gasteiger partial charge in [0.15, 0.2) is 0 Å². The number of piperidine rings is 2. The Kier molecular flexibility index (Phi) is 7.86. The first-order chi connectivity index (χ1) is 13.2. The molecule has 2 atom stereocenters. The second kappa shape index (κ2) is 9.91. The molecule has 2 saturated heterocycles. The van der Waals surface area contributed by atoms with E-state index in [0.29, 0.717) is 39.6 Å². The van der Waals surface area contributed by atoms with E-state index in [2.05, 4.69) is 11.9 Å². The van der Waals surface area contributed by atoms with Gasteiger partial charge in [-0.3, -0.25) is 4.79 Å². The van der Waals surface area contributed by atoms with E-state index in [1.54, 1.807) is 18.2 Å². The summed E-state index contributed by atoms with van der Waals surface area (Å²) in [7, 11) is 2.16. The number of carbonyl (C=O) groups excluding carboxylic acids is 1. The zero-order valence-electron chi connectivity index (χ0n) is 15.3. The maximum atomic E-state index is 12.6. The molecule has 1 aromatic carbocycles. The SMILES string of the molecule is CN1CC2CC(C1)CN(C(=O)c1ccc(Cl)c(Cl)c1)C2.O=C(O)/C=C/C(=O)O. The molecule has 152 valence electrons. The van der Waals surface area contributed by atoms with E-state index >= 15 is 0 Å². The van der Waals surface area contributed by atoms with Crippen molar-refractivity contribution in [1.29, 1.82) is 0 Å². The number of aliphatic carboxylic acids is 2. The largest absolute Gasteiger partial charge is 0.478 e. The minimum atomic E-state index is -1.26. The third-order valence-corrected chi connectivity index (χ3v) is 5.32. The molecular weight excluding hydrogens is 407 g/mol. The van der Waals surface area contributed by atoms with Gasteiger partial charge in [-0.05, 0) is 43.5 Å². The molecule has 28 heavy (non-hydrogen) atoms. The number of carboxylic acids is 2. The Balaban J connectivity index is 0.000000300. The van der Waals surface area contributed by atoms with Crippen molar-refractivity contribution in [1.82, 2.24) is 9.80 Å². The van der Waals surface area contributed by atoms with E-state index in [0.717, 1.165) is 26.2 Å². The Labute approximate surface area is 173 Å². The fraction of sp³-hybridized carbons (Fsp3) is 0.421. The highest BCUT2D eigenvalue weighted by molar-refractivity contribution is 6.42. The minimum Gasteiger partial charge on any atom is -0.478 e. The number of nitrogens with zero attached hydrogens (tertiary/aromatic N) is 2. The van der Waals surface area contributed by atoms with Crippen LogP contribution in [0, 0.1) is 11.8 Å². The number of hydrogen-bond donors (Lipinski definition) is 2. The van der Waals surface area contributed by atoms with Crippen LogP contribution in [0.3, 0.4) is 0 Å². The van der Waals surface area contributed by atoms with Crippen LogP contribution in [0.2, 0.25) is 10.0 Å². The van der Waals surface area contributed by atoms with Gasteiger partial charge in [-0.15, -0.1) is 0 Å². The zero-order chi connectivity index (χ0) is 20.8. The number of carboxylic acid groups (broad SMARTS) is 2. The number of hydrogen-bond acceptors (Lipinski definition) is 4. The van der Waals surface area contributed by atoms with Gasteiger partial charge >= 0.3 is 11.9 Å². The number of benzene rings is 1. The number of likely N-dealkylation sites (tertiary alicyclic amines) is 2. The lowest BCUT2D eigenvalue weighted by Gasteiger charge is -2.44. The Hall–Kier alpha value is -2.09. The molecule has 2 unspecified atom stereocenters. The summed E-state index contributed by atoms with van der Waals surface area (Å²) < 4.78 is 0. The van der Waals surface area contributed by atoms with Crippen molar-refractivity contribution in [2.24, 2.45) is 11.8 Å². The third kappa shape index (κ3) is 6.51. The van der Waals surface area contributed by atoms with Crippen LogP contribution in [-0.2, 0) is 9.59 Å². The normalized spacial score (nSPS) is 21.8. The molecule has 1 amide bonds. The summed E-state index contributed by atoms with van der Waals surface area (Å²) in [5, 5.41) is 16.6. The molecule has 0 saturated carbocycles. The van der Waals surface area contributed by atoms with Crippen LogP contribution >= 0.6 is 23.2 Å². The van der Waals surface area contributed by atoms with Crippen molar-refractivity contribution in [2.75, 3.05) is 33.2 Å². The van der Waals surface area contributed by atoms with Crippen LogP contribution in [0.15, 0.2) is 30.4 Å². The molecule has 1 aromatic rings. The molecule has 3 rings (SSSR count). The predicted molar refractivity (Wildman–Crippen MR) is 106 cm³/mol. The topological polar surface area (TPSA) is 98.2 Å². The van der Waals surface area contributed by atoms with Crippen LogP contribution in [0.25, 0.3) is 0 Å². The van der Waals surface area contributed by atoms with Crippen LogP contribution in [-0.4, -0.2) is 71.1 Å². The highest BCUT2D eigenvalue weighted by atomic mass is 35.5. The minimum absolute atomic E-state index is 0.0721. The van der Waals surface area contributed by atoms with Gasteiger partial charge in [0.1, 0.15) is 0 Å². The third-order valence-electron chi connectivity index (χ3n) is 4.59. The lowest BCUT2D eigenvalue weighted by molar-refractivity contribution is -0.134. The summed E-state index contributed by atoms with van der Waals surface area (Å²) in [6, 6.07) is 5.12. The summed E-state index contributed by atoms with van der Waals surface area (Å²) >= 11 is 11.9. The summed E-state index contributed by atoms with van der Waals surface area (Å²) in [5.74, 6) is -1.25. The van der Waals surface area contributed by atoms with E-state index in [1.807, 2.05) is 4.90 Å². The van der Waals surface area contributed by atoms with E-state index in [1.165, 1.54) is 6.42 Å².